The Kier molecular flexibility index (Phi) is 7.99. The highest BCUT2D eigenvalue weighted by Crippen LogP contribution is 2.25. The molecule has 2 heterocycles. The van der Waals surface area contributed by atoms with Crippen LogP contribution in [0.3, 0.4) is 0 Å². The van der Waals surface area contributed by atoms with Gasteiger partial charge in [-0.15, -0.1) is 0 Å². The second kappa shape index (κ2) is 11.4. The lowest BCUT2D eigenvalue weighted by molar-refractivity contribution is 0.0329. The van der Waals surface area contributed by atoms with Crippen molar-refractivity contribution in [2.75, 3.05) is 20.2 Å². The van der Waals surface area contributed by atoms with Gasteiger partial charge in [0.1, 0.15) is 12.0 Å². The van der Waals surface area contributed by atoms with Gasteiger partial charge in [-0.1, -0.05) is 53.0 Å². The molecule has 1 aliphatic heterocycles. The van der Waals surface area contributed by atoms with E-state index in [0.717, 1.165) is 48.1 Å². The summed E-state index contributed by atoms with van der Waals surface area (Å²) in [7, 11) is 1.82. The molecule has 0 radical (unpaired) electrons. The topological polar surface area (TPSA) is 67.3 Å². The fourth-order valence-electron chi connectivity index (χ4n) is 5.72. The second-order valence-electron chi connectivity index (χ2n) is 10.2. The number of benzene rings is 2. The summed E-state index contributed by atoms with van der Waals surface area (Å²) in [5, 5.41) is 6.22. The molecule has 5 rings (SSSR count). The molecule has 2 atom stereocenters. The minimum absolute atomic E-state index is 0.0189. The summed E-state index contributed by atoms with van der Waals surface area (Å²) in [6.07, 6.45) is 9.28. The molecule has 6 nitrogen and oxygen atoms in total. The standard InChI is InChI=1S/C29H35BrN4O2/c1-19-26(16-20-7-8-22-17-23(30)10-9-21(22)15-20)31-18-32-28(19)29(35)34-13-11-24(12-14-34)33-25-5-3-4-6-27(25)36-2/h7-10,15,17-18,24-25,27,33H,3-6,11-14,16H2,1-2H3/t25-,27+/m0/s1. The van der Waals surface area contributed by atoms with Crippen LogP contribution in [0.15, 0.2) is 47.2 Å². The predicted octanol–water partition coefficient (Wildman–Crippen LogP) is 5.44. The van der Waals surface area contributed by atoms with Crippen molar-refractivity contribution in [2.24, 2.45) is 0 Å². The van der Waals surface area contributed by atoms with Crippen molar-refractivity contribution >= 4 is 32.6 Å². The fourth-order valence-corrected chi connectivity index (χ4v) is 6.10. The average molecular weight is 552 g/mol. The van der Waals surface area contributed by atoms with E-state index in [0.29, 0.717) is 30.3 Å². The number of hydrogen-bond acceptors (Lipinski definition) is 5. The molecule has 1 saturated carbocycles. The minimum atomic E-state index is 0.0189. The molecular weight excluding hydrogens is 516 g/mol. The van der Waals surface area contributed by atoms with Gasteiger partial charge in [0, 0.05) is 48.7 Å². The van der Waals surface area contributed by atoms with Crippen LogP contribution in [0.5, 0.6) is 0 Å². The third-order valence-corrected chi connectivity index (χ3v) is 8.36. The van der Waals surface area contributed by atoms with Crippen molar-refractivity contribution < 1.29 is 9.53 Å². The molecule has 1 saturated heterocycles. The summed E-state index contributed by atoms with van der Waals surface area (Å²) < 4.78 is 6.79. The number of carbonyl (C=O) groups excluding carboxylic acids is 1. The Balaban J connectivity index is 1.23. The number of ether oxygens (including phenoxy) is 1. The van der Waals surface area contributed by atoms with E-state index in [-0.39, 0.29) is 5.91 Å². The normalized spacial score (nSPS) is 21.1. The van der Waals surface area contributed by atoms with Gasteiger partial charge in [-0.3, -0.25) is 4.79 Å². The van der Waals surface area contributed by atoms with Crippen molar-refractivity contribution in [2.45, 2.75) is 70.1 Å². The van der Waals surface area contributed by atoms with Crippen LogP contribution < -0.4 is 5.32 Å². The average Bonchev–Trinajstić information content (AvgIpc) is 2.90. The van der Waals surface area contributed by atoms with Crippen LogP contribution in [0, 0.1) is 6.92 Å². The largest absolute Gasteiger partial charge is 0.380 e. The number of likely N-dealkylation sites (tertiary alicyclic amines) is 1. The summed E-state index contributed by atoms with van der Waals surface area (Å²) in [6.45, 7) is 3.47. The Morgan fingerprint density at radius 2 is 1.81 bits per heavy atom. The third kappa shape index (κ3) is 5.63. The first-order chi connectivity index (χ1) is 17.5. The lowest BCUT2D eigenvalue weighted by Gasteiger charge is -2.38. The molecule has 3 aromatic rings. The molecule has 1 amide bonds. The van der Waals surface area contributed by atoms with Crippen LogP contribution in [-0.4, -0.2) is 59.2 Å². The van der Waals surface area contributed by atoms with E-state index in [4.69, 9.17) is 4.74 Å². The summed E-state index contributed by atoms with van der Waals surface area (Å²) in [5.74, 6) is 0.0189. The number of nitrogens with zero attached hydrogens (tertiary/aromatic N) is 3. The molecule has 190 valence electrons. The van der Waals surface area contributed by atoms with Gasteiger partial charge in [0.15, 0.2) is 0 Å². The van der Waals surface area contributed by atoms with Crippen molar-refractivity contribution in [3.05, 3.63) is 69.7 Å². The number of fused-ring (bicyclic) bond motifs is 1. The van der Waals surface area contributed by atoms with Crippen LogP contribution in [0.1, 0.15) is 65.8 Å². The maximum Gasteiger partial charge on any atom is 0.272 e. The Hall–Kier alpha value is -2.35. The van der Waals surface area contributed by atoms with Gasteiger partial charge < -0.3 is 15.0 Å². The number of carbonyl (C=O) groups is 1. The van der Waals surface area contributed by atoms with Gasteiger partial charge in [0.25, 0.3) is 5.91 Å². The number of hydrogen-bond donors (Lipinski definition) is 1. The molecule has 2 fully saturated rings. The highest BCUT2D eigenvalue weighted by Gasteiger charge is 2.30. The highest BCUT2D eigenvalue weighted by molar-refractivity contribution is 9.10. The summed E-state index contributed by atoms with van der Waals surface area (Å²) >= 11 is 3.54. The number of halogens is 1. The number of nitrogens with one attached hydrogen (secondary N) is 1. The molecule has 1 N–H and O–H groups in total. The minimum Gasteiger partial charge on any atom is -0.380 e. The summed E-state index contributed by atoms with van der Waals surface area (Å²) in [6, 6.07) is 13.6. The third-order valence-electron chi connectivity index (χ3n) is 7.87. The molecule has 2 aliphatic rings. The zero-order valence-electron chi connectivity index (χ0n) is 21.2. The lowest BCUT2D eigenvalue weighted by Crippen LogP contribution is -2.52. The molecule has 0 unspecified atom stereocenters. The number of amides is 1. The SMILES string of the molecule is CO[C@@H]1CCCC[C@@H]1NC1CCN(C(=O)c2ncnc(Cc3ccc4cc(Br)ccc4c3)c2C)CC1. The van der Waals surface area contributed by atoms with Crippen LogP contribution >= 0.6 is 15.9 Å². The van der Waals surface area contributed by atoms with Gasteiger partial charge in [-0.05, 0) is 61.1 Å². The molecule has 1 aromatic heterocycles. The monoisotopic (exact) mass is 550 g/mol. The van der Waals surface area contributed by atoms with E-state index in [1.807, 2.05) is 18.9 Å². The van der Waals surface area contributed by atoms with Gasteiger partial charge in [0.2, 0.25) is 0 Å². The Labute approximate surface area is 222 Å². The zero-order valence-corrected chi connectivity index (χ0v) is 22.8. The van der Waals surface area contributed by atoms with Crippen molar-refractivity contribution in [3.8, 4) is 0 Å². The maximum atomic E-state index is 13.4. The van der Waals surface area contributed by atoms with E-state index < -0.39 is 0 Å². The molecule has 36 heavy (non-hydrogen) atoms. The van der Waals surface area contributed by atoms with Gasteiger partial charge >= 0.3 is 0 Å². The molecule has 7 heteroatoms. The number of aromatic nitrogens is 2. The van der Waals surface area contributed by atoms with Crippen molar-refractivity contribution in [1.82, 2.24) is 20.2 Å². The first kappa shape index (κ1) is 25.3. The van der Waals surface area contributed by atoms with E-state index in [2.05, 4.69) is 67.6 Å². The van der Waals surface area contributed by atoms with Crippen LogP contribution in [0.4, 0.5) is 0 Å². The fraction of sp³-hybridized carbons (Fsp3) is 0.483. The number of rotatable bonds is 6. The quantitative estimate of drug-likeness (QED) is 0.442. The molecule has 1 aliphatic carbocycles. The number of methoxy groups -OCH3 is 1. The van der Waals surface area contributed by atoms with E-state index in [9.17, 15) is 4.79 Å². The van der Waals surface area contributed by atoms with Crippen molar-refractivity contribution in [1.29, 1.82) is 0 Å². The van der Waals surface area contributed by atoms with Gasteiger partial charge in [-0.2, -0.15) is 0 Å². The molecule has 2 aromatic carbocycles. The maximum absolute atomic E-state index is 13.4. The summed E-state index contributed by atoms with van der Waals surface area (Å²) in [5.41, 5.74) is 3.49. The van der Waals surface area contributed by atoms with Crippen LogP contribution in [0.25, 0.3) is 10.8 Å². The Morgan fingerprint density at radius 1 is 1.06 bits per heavy atom. The first-order valence-corrected chi connectivity index (χ1v) is 13.9. The van der Waals surface area contributed by atoms with Gasteiger partial charge in [-0.25, -0.2) is 9.97 Å². The van der Waals surface area contributed by atoms with E-state index >= 15 is 0 Å². The van der Waals surface area contributed by atoms with E-state index in [1.165, 1.54) is 41.9 Å². The first-order valence-electron chi connectivity index (χ1n) is 13.1. The van der Waals surface area contributed by atoms with Crippen LogP contribution in [-0.2, 0) is 11.2 Å². The lowest BCUT2D eigenvalue weighted by atomic mass is 9.90. The molecule has 0 bridgehead atoms. The Bertz CT molecular complexity index is 1230. The van der Waals surface area contributed by atoms with E-state index in [1.54, 1.807) is 0 Å². The smallest absolute Gasteiger partial charge is 0.272 e. The molecule has 0 spiro atoms. The molecular formula is C29H35BrN4O2. The number of piperidine rings is 1. The zero-order chi connectivity index (χ0) is 25.1. The van der Waals surface area contributed by atoms with Crippen molar-refractivity contribution in [3.63, 3.8) is 0 Å². The predicted molar refractivity (Wildman–Crippen MR) is 146 cm³/mol. The summed E-state index contributed by atoms with van der Waals surface area (Å²) in [4.78, 5) is 24.3. The second-order valence-corrected chi connectivity index (χ2v) is 11.1. The Morgan fingerprint density at radius 3 is 2.61 bits per heavy atom. The highest BCUT2D eigenvalue weighted by atomic mass is 79.9. The van der Waals surface area contributed by atoms with Gasteiger partial charge in [0.05, 0.1) is 11.8 Å². The van der Waals surface area contributed by atoms with Crippen LogP contribution in [0.2, 0.25) is 0 Å².